The summed E-state index contributed by atoms with van der Waals surface area (Å²) in [6, 6.07) is 26.5. The SMILES string of the molecule is CC(C)[C@H](CC(=O)OC(C)(C)C)C(=O)Nc1snnc1-c1ccccc1.CC[C@@H](C)C(=O)N[C@H](C(=O)C[C@H](C(=O)Nc1snnc1-c1ccccc1)C(C)(C)C)C1CCCCC1.C[C@H](CC(=O)OC(C)(C)C)C(=O)N[C@H](C(=O)C[C@H](C(=O)Nc1snnc1-c1ccccc1)C(C)(C)C)C1CCCCC1.C[C@H](CC(=O)OC(C)(C)C)C(=O)N[C@H](C(=O)O)C1CCCCC1. The zero-order chi connectivity index (χ0) is 94.3. The van der Waals surface area contributed by atoms with Gasteiger partial charge in [-0.2, -0.15) is 0 Å². The standard InChI is InChI=1S/C32H46N4O5S.C28H40N4O3S.C19H25N3O3S.C17H29NO5/c1-20(18-25(38)41-32(5,6)7)28(39)33-26(21-14-10-8-11-15-21)24(37)19-23(31(2,3)4)29(40)34-30-27(35-36-42-30)22-16-12-9-13-17-22;1-6-18(2)25(34)29-23(19-13-9-7-10-14-19)22(33)17-21(28(3,4)5)26(35)30-27-24(31-32-36-27)20-15-11-8-12-16-20;1-12(2)14(11-15(23)25-19(3,4)5)17(24)20-18-16(21-22-26-18)13-9-7-6-8-10-13;1-11(10-13(19)23-17(2,3)4)15(20)18-14(16(21)22)12-8-6-5-7-9-12/h9,12-13,16-17,20-21,23,26H,8,10-11,14-15,18-19H2,1-7H3,(H,33,39)(H,34,40);8,11-12,15-16,18-19,21,23H,6-7,9-10,13-14,17H2,1-5H3,(H,29,34)(H,30,35);6-10,12,14H,11H2,1-5H3,(H,20,24);11-12,14H,5-10H2,1-4H3,(H,18,20)(H,21,22)/t20-,23-,26+;18-,21-,23+;14-;11-,14+/m1101/s1. The molecule has 3 fully saturated rings. The van der Waals surface area contributed by atoms with E-state index in [1.54, 1.807) is 55.4 Å². The molecule has 6 amide bonds. The molecule has 3 aliphatic carbocycles. The van der Waals surface area contributed by atoms with Gasteiger partial charge in [0, 0.05) is 81.9 Å². The Hall–Kier alpha value is -9.62. The van der Waals surface area contributed by atoms with Crippen molar-refractivity contribution in [3.8, 4) is 33.8 Å². The number of hydrogen-bond acceptors (Lipinski definition) is 24. The van der Waals surface area contributed by atoms with Crippen LogP contribution in [0, 0.1) is 70.0 Å². The number of aliphatic carboxylic acids is 1. The lowest BCUT2D eigenvalue weighted by Crippen LogP contribution is -2.50. The van der Waals surface area contributed by atoms with Gasteiger partial charge in [-0.1, -0.05) is 245 Å². The Morgan fingerprint density at radius 2 is 0.646 bits per heavy atom. The molecule has 28 nitrogen and oxygen atoms in total. The smallest absolute Gasteiger partial charge is 0.326 e. The van der Waals surface area contributed by atoms with Crippen LogP contribution in [0.2, 0.25) is 0 Å². The molecule has 9 rings (SSSR count). The first kappa shape index (κ1) is 106. The van der Waals surface area contributed by atoms with Gasteiger partial charge in [0.1, 0.15) is 54.9 Å². The largest absolute Gasteiger partial charge is 0.480 e. The fraction of sp³-hybridized carbons (Fsp3) is 0.625. The fourth-order valence-corrected chi connectivity index (χ4v) is 17.2. The number of nitrogens with zero attached hydrogens (tertiary/aromatic N) is 6. The third-order valence-corrected chi connectivity index (χ3v) is 24.7. The molecule has 3 saturated carbocycles. The average Bonchev–Trinajstić information content (AvgIpc) is 1.81. The number of hydrogen-bond donors (Lipinski definition) is 7. The van der Waals surface area contributed by atoms with Gasteiger partial charge in [-0.05, 0) is 142 Å². The Morgan fingerprint density at radius 1 is 0.370 bits per heavy atom. The van der Waals surface area contributed by atoms with Crippen molar-refractivity contribution in [1.29, 1.82) is 0 Å². The van der Waals surface area contributed by atoms with E-state index in [1.807, 2.05) is 181 Å². The van der Waals surface area contributed by atoms with Crippen molar-refractivity contribution >= 4 is 120 Å². The molecule has 31 heteroatoms. The summed E-state index contributed by atoms with van der Waals surface area (Å²) in [5.41, 5.74) is 1.62. The number of benzene rings is 3. The molecule has 9 atom stereocenters. The van der Waals surface area contributed by atoms with E-state index < -0.39 is 99.2 Å². The van der Waals surface area contributed by atoms with Gasteiger partial charge in [0.05, 0.1) is 49.1 Å². The molecule has 698 valence electrons. The highest BCUT2D eigenvalue weighted by Crippen LogP contribution is 2.40. The summed E-state index contributed by atoms with van der Waals surface area (Å²) in [4.78, 5) is 154. The van der Waals surface area contributed by atoms with Gasteiger partial charge in [0.15, 0.2) is 11.6 Å². The highest BCUT2D eigenvalue weighted by Gasteiger charge is 2.43. The molecule has 0 spiro atoms. The van der Waals surface area contributed by atoms with Crippen LogP contribution in [0.4, 0.5) is 15.0 Å². The summed E-state index contributed by atoms with van der Waals surface area (Å²) in [7, 11) is 0. The molecule has 127 heavy (non-hydrogen) atoms. The number of ether oxygens (including phenoxy) is 3. The monoisotopic (exact) mass is 1810 g/mol. The number of carbonyl (C=O) groups excluding carboxylic acids is 11. The number of ketones is 2. The lowest BCUT2D eigenvalue weighted by Gasteiger charge is -2.34. The van der Waals surface area contributed by atoms with Crippen LogP contribution < -0.4 is 31.9 Å². The van der Waals surface area contributed by atoms with Crippen molar-refractivity contribution in [2.75, 3.05) is 16.0 Å². The molecule has 0 unspecified atom stereocenters. The van der Waals surface area contributed by atoms with E-state index in [-0.39, 0.29) is 109 Å². The molecule has 3 aliphatic rings. The van der Waals surface area contributed by atoms with Gasteiger partial charge in [0.25, 0.3) is 0 Å². The highest BCUT2D eigenvalue weighted by atomic mass is 32.1. The maximum Gasteiger partial charge on any atom is 0.326 e. The van der Waals surface area contributed by atoms with Crippen LogP contribution in [0.3, 0.4) is 0 Å². The van der Waals surface area contributed by atoms with E-state index in [4.69, 9.17) is 14.2 Å². The Labute approximate surface area is 763 Å². The number of aromatic nitrogens is 6. The van der Waals surface area contributed by atoms with E-state index in [0.717, 1.165) is 154 Å². The topological polar surface area (TPSA) is 402 Å². The minimum Gasteiger partial charge on any atom is -0.480 e. The molecule has 3 aromatic carbocycles. The summed E-state index contributed by atoms with van der Waals surface area (Å²) in [6.45, 7) is 38.8. The molecule has 0 bridgehead atoms. The van der Waals surface area contributed by atoms with Gasteiger partial charge in [-0.3, -0.25) is 52.7 Å². The summed E-state index contributed by atoms with van der Waals surface area (Å²) < 4.78 is 28.0. The van der Waals surface area contributed by atoms with Crippen molar-refractivity contribution in [1.82, 2.24) is 44.7 Å². The minimum absolute atomic E-state index is 0.0106. The summed E-state index contributed by atoms with van der Waals surface area (Å²) in [5.74, 6) is -7.17. The molecular weight excluding hydrogens is 1670 g/mol. The van der Waals surface area contributed by atoms with Crippen LogP contribution in [0.15, 0.2) is 91.0 Å². The predicted molar refractivity (Wildman–Crippen MR) is 498 cm³/mol. The predicted octanol–water partition coefficient (Wildman–Crippen LogP) is 18.7. The summed E-state index contributed by atoms with van der Waals surface area (Å²) in [6.07, 6.45) is 15.3. The molecule has 3 aromatic heterocycles. The first-order valence-electron chi connectivity index (χ1n) is 44.9. The average molecular weight is 1810 g/mol. The van der Waals surface area contributed by atoms with Gasteiger partial charge in [-0.25, -0.2) is 4.79 Å². The van der Waals surface area contributed by atoms with E-state index >= 15 is 0 Å². The molecular formula is C96H140N12O16S3. The number of Topliss-reactive ketones (excluding diaryl/α,β-unsaturated/α-hetero) is 2. The number of nitrogens with one attached hydrogen (secondary N) is 6. The van der Waals surface area contributed by atoms with E-state index in [2.05, 4.69) is 60.7 Å². The number of carboxylic acid groups (broad SMARTS) is 1. The second kappa shape index (κ2) is 49.8. The van der Waals surface area contributed by atoms with Crippen LogP contribution >= 0.6 is 34.6 Å². The zero-order valence-electron chi connectivity index (χ0n) is 78.5. The van der Waals surface area contributed by atoms with Gasteiger partial charge in [-0.15, -0.1) is 15.3 Å². The molecule has 0 saturated heterocycles. The lowest BCUT2D eigenvalue weighted by atomic mass is 9.74. The van der Waals surface area contributed by atoms with Crippen molar-refractivity contribution in [3.63, 3.8) is 0 Å². The van der Waals surface area contributed by atoms with Gasteiger partial charge < -0.3 is 51.2 Å². The van der Waals surface area contributed by atoms with Gasteiger partial charge in [0.2, 0.25) is 35.4 Å². The number of carbonyl (C=O) groups is 12. The molecule has 3 heterocycles. The Balaban J connectivity index is 0.000000268. The van der Waals surface area contributed by atoms with Crippen LogP contribution in [0.5, 0.6) is 0 Å². The van der Waals surface area contributed by atoms with E-state index in [1.165, 1.54) is 0 Å². The zero-order valence-corrected chi connectivity index (χ0v) is 80.9. The van der Waals surface area contributed by atoms with E-state index in [9.17, 15) is 62.6 Å². The van der Waals surface area contributed by atoms with Gasteiger partial charge >= 0.3 is 23.9 Å². The highest BCUT2D eigenvalue weighted by molar-refractivity contribution is 7.11. The van der Waals surface area contributed by atoms with Crippen molar-refractivity contribution in [2.45, 2.75) is 315 Å². The summed E-state index contributed by atoms with van der Waals surface area (Å²) >= 11 is 3.34. The quantitative estimate of drug-likeness (QED) is 0.0149. The first-order chi connectivity index (χ1) is 59.5. The maximum atomic E-state index is 14.0. The second-order valence-corrected chi connectivity index (χ2v) is 41.7. The maximum absolute atomic E-state index is 14.0. The number of esters is 3. The Kier molecular flexibility index (Phi) is 41.6. The third kappa shape index (κ3) is 36.1. The Morgan fingerprint density at radius 3 is 0.921 bits per heavy atom. The van der Waals surface area contributed by atoms with Crippen LogP contribution in [-0.4, -0.2) is 140 Å². The third-order valence-electron chi connectivity index (χ3n) is 22.8. The van der Waals surface area contributed by atoms with Crippen molar-refractivity contribution in [3.05, 3.63) is 91.0 Å². The minimum atomic E-state index is -1.00. The van der Waals surface area contributed by atoms with Crippen molar-refractivity contribution < 1.29 is 76.9 Å². The van der Waals surface area contributed by atoms with Crippen LogP contribution in [-0.2, 0) is 71.7 Å². The van der Waals surface area contributed by atoms with Crippen molar-refractivity contribution in [2.24, 2.45) is 70.0 Å². The summed E-state index contributed by atoms with van der Waals surface area (Å²) in [5, 5.41) is 41.1. The molecule has 0 aliphatic heterocycles. The lowest BCUT2D eigenvalue weighted by molar-refractivity contribution is -0.158. The van der Waals surface area contributed by atoms with Crippen LogP contribution in [0.25, 0.3) is 33.8 Å². The first-order valence-corrected chi connectivity index (χ1v) is 47.3. The molecule has 0 radical (unpaired) electrons. The number of carboxylic acids is 1. The van der Waals surface area contributed by atoms with Crippen LogP contribution in [0.1, 0.15) is 280 Å². The number of amides is 6. The molecule has 6 aromatic rings. The molecule has 7 N–H and O–H groups in total. The van der Waals surface area contributed by atoms with E-state index in [0.29, 0.717) is 32.1 Å². The second-order valence-electron chi connectivity index (χ2n) is 39.4. The Bertz CT molecular complexity index is 4540. The number of rotatable bonds is 33. The normalized spacial score (nSPS) is 16.4. The fourth-order valence-electron chi connectivity index (χ4n) is 15.4. The number of anilines is 3.